The second kappa shape index (κ2) is 5.71. The molecule has 0 aromatic carbocycles. The molecular weight excluding hydrogens is 282 g/mol. The van der Waals surface area contributed by atoms with Crippen LogP contribution < -0.4 is 5.32 Å². The van der Waals surface area contributed by atoms with Crippen LogP contribution in [-0.4, -0.2) is 42.9 Å². The Morgan fingerprint density at radius 2 is 1.80 bits per heavy atom. The van der Waals surface area contributed by atoms with Gasteiger partial charge in [0.15, 0.2) is 9.84 Å². The Labute approximate surface area is 118 Å². The third kappa shape index (κ3) is 2.97. The number of rotatable bonds is 4. The van der Waals surface area contributed by atoms with E-state index in [1.807, 2.05) is 0 Å². The van der Waals surface area contributed by atoms with Gasteiger partial charge in [0.05, 0.1) is 11.2 Å². The van der Waals surface area contributed by atoms with Crippen molar-refractivity contribution in [3.63, 3.8) is 0 Å². The second-order valence-corrected chi connectivity index (χ2v) is 8.16. The molecule has 20 heavy (non-hydrogen) atoms. The molecule has 114 valence electrons. The predicted molar refractivity (Wildman–Crippen MR) is 73.0 cm³/mol. The highest BCUT2D eigenvalue weighted by Crippen LogP contribution is 2.37. The van der Waals surface area contributed by atoms with Crippen LogP contribution >= 0.6 is 0 Å². The van der Waals surface area contributed by atoms with Gasteiger partial charge in [-0.2, -0.15) is 0 Å². The van der Waals surface area contributed by atoms with E-state index in [9.17, 15) is 23.1 Å². The molecule has 2 aliphatic rings. The first-order valence-electron chi connectivity index (χ1n) is 7.10. The third-order valence-electron chi connectivity index (χ3n) is 4.49. The highest BCUT2D eigenvalue weighted by Gasteiger charge is 2.43. The van der Waals surface area contributed by atoms with Crippen LogP contribution in [0.15, 0.2) is 0 Å². The molecule has 7 heteroatoms. The molecule has 1 aliphatic carbocycles. The Morgan fingerprint density at radius 3 is 2.35 bits per heavy atom. The van der Waals surface area contributed by atoms with Gasteiger partial charge in [0.2, 0.25) is 5.91 Å². The number of sulfone groups is 1. The lowest BCUT2D eigenvalue weighted by atomic mass is 9.86. The van der Waals surface area contributed by atoms with Gasteiger partial charge in [0.1, 0.15) is 5.25 Å². The highest BCUT2D eigenvalue weighted by molar-refractivity contribution is 7.92. The van der Waals surface area contributed by atoms with Crippen LogP contribution in [0.4, 0.5) is 0 Å². The molecule has 1 amide bonds. The Kier molecular flexibility index (Phi) is 4.36. The lowest BCUT2D eigenvalue weighted by Gasteiger charge is -2.26. The molecule has 2 rings (SSSR count). The van der Waals surface area contributed by atoms with Crippen molar-refractivity contribution in [3.05, 3.63) is 0 Å². The molecule has 0 bridgehead atoms. The van der Waals surface area contributed by atoms with Crippen LogP contribution in [0.3, 0.4) is 0 Å². The molecule has 1 saturated heterocycles. The van der Waals surface area contributed by atoms with Crippen LogP contribution in [0.25, 0.3) is 0 Å². The zero-order chi connectivity index (χ0) is 14.8. The number of nitrogens with one attached hydrogen (secondary N) is 1. The number of hydrogen-bond donors (Lipinski definition) is 2. The molecule has 1 saturated carbocycles. The minimum Gasteiger partial charge on any atom is -0.481 e. The molecule has 0 aromatic heterocycles. The standard InChI is InChI=1S/C13H21NO5S/c15-11(10-5-1-4-8-20(10,18)19)14-9-13(12(16)17)6-2-3-7-13/h10H,1-9H2,(H,14,15)(H,16,17). The van der Waals surface area contributed by atoms with Crippen molar-refractivity contribution in [2.45, 2.75) is 50.2 Å². The third-order valence-corrected chi connectivity index (χ3v) is 6.66. The van der Waals surface area contributed by atoms with E-state index >= 15 is 0 Å². The number of carbonyl (C=O) groups excluding carboxylic acids is 1. The molecule has 6 nitrogen and oxygen atoms in total. The van der Waals surface area contributed by atoms with Crippen molar-refractivity contribution < 1.29 is 23.1 Å². The quantitative estimate of drug-likeness (QED) is 0.797. The summed E-state index contributed by atoms with van der Waals surface area (Å²) in [6, 6.07) is 0. The van der Waals surface area contributed by atoms with E-state index in [1.54, 1.807) is 0 Å². The summed E-state index contributed by atoms with van der Waals surface area (Å²) >= 11 is 0. The molecule has 0 spiro atoms. The summed E-state index contributed by atoms with van der Waals surface area (Å²) in [6.07, 6.45) is 4.43. The molecule has 2 fully saturated rings. The van der Waals surface area contributed by atoms with E-state index in [0.29, 0.717) is 25.7 Å². The highest BCUT2D eigenvalue weighted by atomic mass is 32.2. The van der Waals surface area contributed by atoms with Gasteiger partial charge < -0.3 is 10.4 Å². The topological polar surface area (TPSA) is 101 Å². The van der Waals surface area contributed by atoms with Gasteiger partial charge >= 0.3 is 5.97 Å². The molecule has 1 atom stereocenters. The van der Waals surface area contributed by atoms with Gasteiger partial charge in [-0.1, -0.05) is 19.3 Å². The first kappa shape index (κ1) is 15.3. The Morgan fingerprint density at radius 1 is 1.15 bits per heavy atom. The average molecular weight is 303 g/mol. The van der Waals surface area contributed by atoms with E-state index in [1.165, 1.54) is 0 Å². The fourth-order valence-electron chi connectivity index (χ4n) is 3.14. The van der Waals surface area contributed by atoms with Gasteiger partial charge in [-0.15, -0.1) is 0 Å². The normalized spacial score (nSPS) is 27.9. The fraction of sp³-hybridized carbons (Fsp3) is 0.846. The summed E-state index contributed by atoms with van der Waals surface area (Å²) in [5.74, 6) is -1.38. The fourth-order valence-corrected chi connectivity index (χ4v) is 4.96. The average Bonchev–Trinajstić information content (AvgIpc) is 2.85. The summed E-state index contributed by atoms with van der Waals surface area (Å²) in [7, 11) is -3.37. The predicted octanol–water partition coefficient (Wildman–Crippen LogP) is 0.715. The number of carbonyl (C=O) groups is 2. The SMILES string of the molecule is O=C(NCC1(C(=O)O)CCCC1)C1CCCCS1(=O)=O. The number of aliphatic carboxylic acids is 1. The number of amides is 1. The van der Waals surface area contributed by atoms with Gasteiger partial charge in [-0.3, -0.25) is 9.59 Å². The maximum absolute atomic E-state index is 12.1. The Bertz CT molecular complexity index is 493. The first-order chi connectivity index (χ1) is 9.37. The number of hydrogen-bond acceptors (Lipinski definition) is 4. The van der Waals surface area contributed by atoms with E-state index in [4.69, 9.17) is 0 Å². The van der Waals surface area contributed by atoms with E-state index in [0.717, 1.165) is 19.3 Å². The Hall–Kier alpha value is -1.11. The minimum absolute atomic E-state index is 0.0349. The van der Waals surface area contributed by atoms with Crippen LogP contribution in [0.2, 0.25) is 0 Å². The van der Waals surface area contributed by atoms with Gasteiger partial charge in [-0.05, 0) is 25.7 Å². The summed E-state index contributed by atoms with van der Waals surface area (Å²) < 4.78 is 23.7. The molecule has 1 heterocycles. The van der Waals surface area contributed by atoms with Crippen molar-refractivity contribution in [2.75, 3.05) is 12.3 Å². The van der Waals surface area contributed by atoms with E-state index in [2.05, 4.69) is 5.32 Å². The maximum atomic E-state index is 12.1. The van der Waals surface area contributed by atoms with Crippen LogP contribution in [0.1, 0.15) is 44.9 Å². The molecule has 1 aliphatic heterocycles. The summed E-state index contributed by atoms with van der Waals surface area (Å²) in [5.41, 5.74) is -0.909. The van der Waals surface area contributed by atoms with Gasteiger partial charge in [0.25, 0.3) is 0 Å². The minimum atomic E-state index is -3.37. The first-order valence-corrected chi connectivity index (χ1v) is 8.82. The van der Waals surface area contributed by atoms with Crippen LogP contribution in [0.5, 0.6) is 0 Å². The van der Waals surface area contributed by atoms with Crippen LogP contribution in [-0.2, 0) is 19.4 Å². The van der Waals surface area contributed by atoms with E-state index in [-0.39, 0.29) is 12.3 Å². The lowest BCUT2D eigenvalue weighted by molar-refractivity contribution is -0.148. The van der Waals surface area contributed by atoms with Crippen molar-refractivity contribution in [3.8, 4) is 0 Å². The molecular formula is C13H21NO5S. The van der Waals surface area contributed by atoms with Crippen LogP contribution in [0, 0.1) is 5.41 Å². The molecule has 0 radical (unpaired) electrons. The monoisotopic (exact) mass is 303 g/mol. The van der Waals surface area contributed by atoms with Gasteiger partial charge in [-0.25, -0.2) is 8.42 Å². The number of carboxylic acid groups (broad SMARTS) is 1. The van der Waals surface area contributed by atoms with Crippen molar-refractivity contribution in [1.29, 1.82) is 0 Å². The lowest BCUT2D eigenvalue weighted by Crippen LogP contribution is -2.48. The van der Waals surface area contributed by atoms with Crippen molar-refractivity contribution in [2.24, 2.45) is 5.41 Å². The second-order valence-electron chi connectivity index (χ2n) is 5.86. The summed E-state index contributed by atoms with van der Waals surface area (Å²) in [6.45, 7) is 0.0349. The summed E-state index contributed by atoms with van der Waals surface area (Å²) in [5, 5.41) is 10.9. The van der Waals surface area contributed by atoms with E-state index < -0.39 is 32.4 Å². The zero-order valence-electron chi connectivity index (χ0n) is 11.4. The smallest absolute Gasteiger partial charge is 0.311 e. The molecule has 1 unspecified atom stereocenters. The zero-order valence-corrected chi connectivity index (χ0v) is 12.2. The van der Waals surface area contributed by atoms with Crippen molar-refractivity contribution in [1.82, 2.24) is 5.32 Å². The van der Waals surface area contributed by atoms with Crippen molar-refractivity contribution >= 4 is 21.7 Å². The molecule has 0 aromatic rings. The largest absolute Gasteiger partial charge is 0.481 e. The number of carboxylic acids is 1. The van der Waals surface area contributed by atoms with Gasteiger partial charge in [0, 0.05) is 6.54 Å². The Balaban J connectivity index is 1.99. The summed E-state index contributed by atoms with van der Waals surface area (Å²) in [4.78, 5) is 23.4. The molecule has 2 N–H and O–H groups in total. The maximum Gasteiger partial charge on any atom is 0.311 e.